The summed E-state index contributed by atoms with van der Waals surface area (Å²) >= 11 is 0. The molecule has 2 heterocycles. The average molecular weight is 425 g/mol. The molecule has 1 saturated heterocycles. The van der Waals surface area contributed by atoms with Crippen molar-refractivity contribution in [1.82, 2.24) is 14.8 Å². The summed E-state index contributed by atoms with van der Waals surface area (Å²) in [5.41, 5.74) is 11.8. The molecular formula is C21H27N7O3. The first kappa shape index (κ1) is 23.3. The molecule has 164 valence electrons. The Morgan fingerprint density at radius 1 is 1.13 bits per heavy atom. The van der Waals surface area contributed by atoms with Crippen LogP contribution in [0.15, 0.2) is 42.6 Å². The molecule has 1 aromatic carbocycles. The Balaban J connectivity index is 0.000000488. The Bertz CT molecular complexity index is 923. The van der Waals surface area contributed by atoms with Gasteiger partial charge in [-0.1, -0.05) is 36.4 Å². The molecule has 10 nitrogen and oxygen atoms in total. The average Bonchev–Trinajstić information content (AvgIpc) is 2.76. The maximum Gasteiger partial charge on any atom is 0.314 e. The van der Waals surface area contributed by atoms with Crippen molar-refractivity contribution < 1.29 is 14.4 Å². The Morgan fingerprint density at radius 3 is 2.19 bits per heavy atom. The number of nitrogen functional groups attached to an aromatic ring is 2. The zero-order chi connectivity index (χ0) is 23.0. The molecule has 1 aromatic heterocycles. The molecule has 1 fully saturated rings. The predicted octanol–water partition coefficient (Wildman–Crippen LogP) is 0.948. The Kier molecular flexibility index (Phi) is 8.07. The van der Waals surface area contributed by atoms with Gasteiger partial charge in [-0.25, -0.2) is 4.98 Å². The summed E-state index contributed by atoms with van der Waals surface area (Å²) in [4.78, 5) is 42.9. The number of pyridine rings is 1. The van der Waals surface area contributed by atoms with Gasteiger partial charge in [-0.3, -0.25) is 14.4 Å². The second-order valence-electron chi connectivity index (χ2n) is 6.95. The number of rotatable bonds is 2. The van der Waals surface area contributed by atoms with Gasteiger partial charge in [0, 0.05) is 38.8 Å². The molecule has 0 bridgehead atoms. The topological polar surface area (TPSA) is 158 Å². The molecule has 0 saturated carbocycles. The fourth-order valence-corrected chi connectivity index (χ4v) is 3.12. The van der Waals surface area contributed by atoms with Crippen LogP contribution < -0.4 is 16.8 Å². The van der Waals surface area contributed by atoms with Crippen LogP contribution in [0.3, 0.4) is 0 Å². The third kappa shape index (κ3) is 6.01. The Labute approximate surface area is 180 Å². The number of nitrogens with one attached hydrogen (secondary N) is 2. The Morgan fingerprint density at radius 2 is 1.71 bits per heavy atom. The van der Waals surface area contributed by atoms with Crippen LogP contribution in [-0.2, 0) is 14.4 Å². The molecule has 2 aromatic rings. The molecule has 1 aliphatic heterocycles. The minimum atomic E-state index is -0.863. The number of carbonyl (C=O) groups excluding carboxylic acids is 3. The lowest BCUT2D eigenvalue weighted by atomic mass is 10.2. The summed E-state index contributed by atoms with van der Waals surface area (Å²) in [6.45, 7) is 4.21. The second-order valence-corrected chi connectivity index (χ2v) is 6.95. The quantitative estimate of drug-likeness (QED) is 0.414. The monoisotopic (exact) mass is 425 g/mol. The van der Waals surface area contributed by atoms with Crippen molar-refractivity contribution >= 4 is 41.1 Å². The number of amides is 3. The van der Waals surface area contributed by atoms with E-state index in [2.05, 4.69) is 10.3 Å². The smallest absolute Gasteiger partial charge is 0.314 e. The number of nitrogens with zero attached hydrogens (tertiary/aromatic N) is 3. The van der Waals surface area contributed by atoms with Crippen LogP contribution in [0.4, 0.5) is 17.2 Å². The second kappa shape index (κ2) is 10.7. The van der Waals surface area contributed by atoms with Gasteiger partial charge in [0.2, 0.25) is 5.91 Å². The van der Waals surface area contributed by atoms with Gasteiger partial charge in [0.15, 0.2) is 0 Å². The van der Waals surface area contributed by atoms with E-state index in [1.165, 1.54) is 18.0 Å². The number of aromatic nitrogens is 1. The normalized spacial score (nSPS) is 15.4. The van der Waals surface area contributed by atoms with Crippen molar-refractivity contribution in [1.29, 1.82) is 5.41 Å². The fraction of sp³-hybridized carbons (Fsp3) is 0.286. The van der Waals surface area contributed by atoms with Gasteiger partial charge in [-0.05, 0) is 6.92 Å². The van der Waals surface area contributed by atoms with E-state index in [9.17, 15) is 14.4 Å². The molecule has 10 heteroatoms. The van der Waals surface area contributed by atoms with E-state index < -0.39 is 11.8 Å². The number of hydrogen-bond donors (Lipinski definition) is 4. The third-order valence-electron chi connectivity index (χ3n) is 4.76. The number of carbonyl (C=O) groups is 3. The van der Waals surface area contributed by atoms with Gasteiger partial charge < -0.3 is 32.0 Å². The van der Waals surface area contributed by atoms with Gasteiger partial charge in [0.05, 0.1) is 23.1 Å². The van der Waals surface area contributed by atoms with Gasteiger partial charge in [-0.15, -0.1) is 0 Å². The fourth-order valence-electron chi connectivity index (χ4n) is 3.12. The number of piperazine rings is 1. The molecule has 0 spiro atoms. The van der Waals surface area contributed by atoms with Crippen LogP contribution in [0.2, 0.25) is 0 Å². The third-order valence-corrected chi connectivity index (χ3v) is 4.76. The Hall–Kier alpha value is -3.95. The zero-order valence-electron chi connectivity index (χ0n) is 17.5. The van der Waals surface area contributed by atoms with Crippen LogP contribution in [-0.4, -0.2) is 64.4 Å². The lowest BCUT2D eigenvalue weighted by molar-refractivity contribution is -0.147. The molecule has 0 aliphatic carbocycles. The van der Waals surface area contributed by atoms with Crippen LogP contribution in [0.25, 0.3) is 0 Å². The standard InChI is InChI=1S/C15H21N7O3.C6H6/c1-8-7-21(3-4-22(8)9(2)23)15(25)14(24)20-11-6-19-13(18)10(5-16)12(11)17;1-2-4-6-5-3-1/h5-6,8,16H,3-4,7H2,1-2H3,(H,20,24)(H4,17,18,19);1-6H. The van der Waals surface area contributed by atoms with E-state index in [-0.39, 0.29) is 47.8 Å². The molecule has 1 aliphatic rings. The van der Waals surface area contributed by atoms with Crippen LogP contribution >= 0.6 is 0 Å². The SMILES string of the molecule is CC(=O)N1CCN(C(=O)C(=O)Nc2cnc(N)c(C=N)c2N)CC1C.c1ccccc1. The molecule has 0 radical (unpaired) electrons. The summed E-state index contributed by atoms with van der Waals surface area (Å²) in [6.07, 6.45) is 2.16. The minimum Gasteiger partial charge on any atom is -0.396 e. The molecule has 3 amide bonds. The zero-order valence-corrected chi connectivity index (χ0v) is 17.5. The van der Waals surface area contributed by atoms with Crippen molar-refractivity contribution in [3.05, 3.63) is 48.2 Å². The highest BCUT2D eigenvalue weighted by Gasteiger charge is 2.31. The lowest BCUT2D eigenvalue weighted by Crippen LogP contribution is -2.56. The highest BCUT2D eigenvalue weighted by Crippen LogP contribution is 2.24. The molecule has 1 atom stereocenters. The van der Waals surface area contributed by atoms with Crippen LogP contribution in [0.1, 0.15) is 19.4 Å². The highest BCUT2D eigenvalue weighted by atomic mass is 16.2. The highest BCUT2D eigenvalue weighted by molar-refractivity contribution is 6.40. The molecular weight excluding hydrogens is 398 g/mol. The maximum absolute atomic E-state index is 12.3. The first-order valence-electron chi connectivity index (χ1n) is 9.68. The summed E-state index contributed by atoms with van der Waals surface area (Å²) < 4.78 is 0. The van der Waals surface area contributed by atoms with Crippen molar-refractivity contribution in [2.24, 2.45) is 0 Å². The van der Waals surface area contributed by atoms with E-state index in [1.54, 1.807) is 4.90 Å². The summed E-state index contributed by atoms with van der Waals surface area (Å²) in [6, 6.07) is 11.8. The van der Waals surface area contributed by atoms with Gasteiger partial charge in [0.25, 0.3) is 0 Å². The predicted molar refractivity (Wildman–Crippen MR) is 119 cm³/mol. The first-order chi connectivity index (χ1) is 14.8. The number of nitrogens with two attached hydrogens (primary N) is 2. The molecule has 31 heavy (non-hydrogen) atoms. The van der Waals surface area contributed by atoms with Gasteiger partial charge >= 0.3 is 11.8 Å². The largest absolute Gasteiger partial charge is 0.396 e. The molecule has 6 N–H and O–H groups in total. The van der Waals surface area contributed by atoms with Crippen LogP contribution in [0.5, 0.6) is 0 Å². The van der Waals surface area contributed by atoms with Crippen LogP contribution in [0, 0.1) is 5.41 Å². The van der Waals surface area contributed by atoms with Crippen molar-refractivity contribution in [3.8, 4) is 0 Å². The number of benzene rings is 1. The number of hydrogen-bond acceptors (Lipinski definition) is 7. The van der Waals surface area contributed by atoms with Crippen molar-refractivity contribution in [2.45, 2.75) is 19.9 Å². The lowest BCUT2D eigenvalue weighted by Gasteiger charge is -2.39. The summed E-state index contributed by atoms with van der Waals surface area (Å²) in [5.74, 6) is -1.59. The summed E-state index contributed by atoms with van der Waals surface area (Å²) in [5, 5.41) is 9.68. The summed E-state index contributed by atoms with van der Waals surface area (Å²) in [7, 11) is 0. The van der Waals surface area contributed by atoms with Crippen molar-refractivity contribution in [3.63, 3.8) is 0 Å². The van der Waals surface area contributed by atoms with E-state index in [4.69, 9.17) is 16.9 Å². The molecule has 3 rings (SSSR count). The van der Waals surface area contributed by atoms with Crippen molar-refractivity contribution in [2.75, 3.05) is 36.4 Å². The maximum atomic E-state index is 12.3. The molecule has 1 unspecified atom stereocenters. The van der Waals surface area contributed by atoms with Gasteiger partial charge in [0.1, 0.15) is 5.82 Å². The first-order valence-corrected chi connectivity index (χ1v) is 9.68. The van der Waals surface area contributed by atoms with E-state index in [1.807, 2.05) is 43.3 Å². The number of anilines is 3. The van der Waals surface area contributed by atoms with Gasteiger partial charge in [-0.2, -0.15) is 0 Å². The van der Waals surface area contributed by atoms with E-state index >= 15 is 0 Å². The van der Waals surface area contributed by atoms with E-state index in [0.717, 1.165) is 6.21 Å². The van der Waals surface area contributed by atoms with E-state index in [0.29, 0.717) is 6.54 Å². The minimum absolute atomic E-state index is 0.0611.